The Kier molecular flexibility index (Phi) is 4.26. The summed E-state index contributed by atoms with van der Waals surface area (Å²) in [6.07, 6.45) is 8.82. The van der Waals surface area contributed by atoms with Gasteiger partial charge in [0.05, 0.1) is 6.54 Å². The molecule has 0 N–H and O–H groups in total. The van der Waals surface area contributed by atoms with E-state index in [-0.39, 0.29) is 0 Å². The minimum absolute atomic E-state index is 0.553. The lowest BCUT2D eigenvalue weighted by Gasteiger charge is -2.34. The highest BCUT2D eigenvalue weighted by molar-refractivity contribution is 7.09. The molecule has 1 saturated carbocycles. The molecule has 4 rings (SSSR count). The Bertz CT molecular complexity index is 591. The number of thiophene rings is 1. The first-order valence-electron chi connectivity index (χ1n) is 8.47. The first-order chi connectivity index (χ1) is 10.9. The van der Waals surface area contributed by atoms with E-state index in [1.54, 1.807) is 0 Å². The molecule has 2 aromatic rings. The minimum Gasteiger partial charge on any atom is -0.339 e. The molecule has 22 heavy (non-hydrogen) atoms. The first kappa shape index (κ1) is 14.4. The fourth-order valence-corrected chi connectivity index (χ4v) is 4.09. The maximum atomic E-state index is 5.40. The van der Waals surface area contributed by atoms with Crippen LogP contribution in [0.1, 0.15) is 61.0 Å². The highest BCUT2D eigenvalue weighted by Crippen LogP contribution is 2.39. The molecule has 0 bridgehead atoms. The largest absolute Gasteiger partial charge is 0.339 e. The van der Waals surface area contributed by atoms with E-state index in [4.69, 9.17) is 4.52 Å². The Labute approximate surface area is 135 Å². The van der Waals surface area contributed by atoms with Gasteiger partial charge in [-0.15, -0.1) is 11.3 Å². The van der Waals surface area contributed by atoms with Crippen molar-refractivity contribution in [2.24, 2.45) is 0 Å². The summed E-state index contributed by atoms with van der Waals surface area (Å²) in [5, 5.41) is 6.36. The van der Waals surface area contributed by atoms with Gasteiger partial charge < -0.3 is 4.52 Å². The van der Waals surface area contributed by atoms with E-state index in [2.05, 4.69) is 32.6 Å². The molecule has 0 unspecified atom stereocenters. The Balaban J connectivity index is 1.36. The van der Waals surface area contributed by atoms with Gasteiger partial charge in [0.25, 0.3) is 0 Å². The summed E-state index contributed by atoms with van der Waals surface area (Å²) >= 11 is 1.87. The second kappa shape index (κ2) is 6.50. The number of aromatic nitrogens is 2. The van der Waals surface area contributed by atoms with Crippen LogP contribution in [-0.4, -0.2) is 27.6 Å². The third-order valence-electron chi connectivity index (χ3n) is 4.81. The maximum Gasteiger partial charge on any atom is 0.229 e. The van der Waals surface area contributed by atoms with Crippen molar-refractivity contribution in [1.82, 2.24) is 15.0 Å². The lowest BCUT2D eigenvalue weighted by atomic mass is 9.97. The van der Waals surface area contributed by atoms with Gasteiger partial charge in [-0.3, -0.25) is 4.90 Å². The number of nitrogens with zero attached hydrogens (tertiary/aromatic N) is 3. The molecular formula is C17H23N3OS. The zero-order valence-corrected chi connectivity index (χ0v) is 13.7. The normalized spacial score (nSPS) is 23.0. The summed E-state index contributed by atoms with van der Waals surface area (Å²) in [6.45, 7) is 2.02. The summed E-state index contributed by atoms with van der Waals surface area (Å²) < 4.78 is 5.40. The summed E-state index contributed by atoms with van der Waals surface area (Å²) in [5.41, 5.74) is 0. The molecule has 0 aromatic carbocycles. The second-order valence-electron chi connectivity index (χ2n) is 6.56. The van der Waals surface area contributed by atoms with Crippen LogP contribution >= 0.6 is 11.3 Å². The Morgan fingerprint density at radius 3 is 3.05 bits per heavy atom. The number of hydrogen-bond donors (Lipinski definition) is 0. The minimum atomic E-state index is 0.553. The average molecular weight is 317 g/mol. The van der Waals surface area contributed by atoms with E-state index in [9.17, 15) is 0 Å². The van der Waals surface area contributed by atoms with Crippen LogP contribution in [0.25, 0.3) is 0 Å². The highest BCUT2D eigenvalue weighted by atomic mass is 32.1. The summed E-state index contributed by atoms with van der Waals surface area (Å²) in [4.78, 5) is 8.66. The third-order valence-corrected chi connectivity index (χ3v) is 5.74. The molecule has 1 saturated heterocycles. The topological polar surface area (TPSA) is 42.2 Å². The number of rotatable bonds is 6. The van der Waals surface area contributed by atoms with Gasteiger partial charge in [-0.25, -0.2) is 0 Å². The standard InChI is InChI=1S/C17H23N3OS/c1-2-10-20(12-16-18-17(21-19-16)13-6-7-13)14(4-1)8-9-15-5-3-11-22-15/h3,5,11,13-14H,1-2,4,6-10,12H2/t14-/m1/s1. The van der Waals surface area contributed by atoms with Crippen molar-refractivity contribution in [3.8, 4) is 0 Å². The van der Waals surface area contributed by atoms with E-state index in [1.807, 2.05) is 11.3 Å². The van der Waals surface area contributed by atoms with E-state index in [0.29, 0.717) is 12.0 Å². The van der Waals surface area contributed by atoms with E-state index >= 15 is 0 Å². The van der Waals surface area contributed by atoms with E-state index < -0.39 is 0 Å². The zero-order chi connectivity index (χ0) is 14.8. The molecule has 1 aliphatic carbocycles. The van der Waals surface area contributed by atoms with Crippen molar-refractivity contribution in [2.45, 2.75) is 63.5 Å². The number of aryl methyl sites for hydroxylation is 1. The van der Waals surface area contributed by atoms with Crippen LogP contribution in [0.3, 0.4) is 0 Å². The van der Waals surface area contributed by atoms with Crippen molar-refractivity contribution in [3.05, 3.63) is 34.1 Å². The van der Waals surface area contributed by atoms with Crippen LogP contribution in [0.2, 0.25) is 0 Å². The number of hydrogen-bond acceptors (Lipinski definition) is 5. The molecule has 1 aliphatic heterocycles. The molecular weight excluding hydrogens is 294 g/mol. The van der Waals surface area contributed by atoms with Crippen molar-refractivity contribution in [2.75, 3.05) is 6.54 Å². The summed E-state index contributed by atoms with van der Waals surface area (Å²) in [7, 11) is 0. The third kappa shape index (κ3) is 3.41. The van der Waals surface area contributed by atoms with Gasteiger partial charge in [0.1, 0.15) is 0 Å². The zero-order valence-electron chi connectivity index (χ0n) is 12.9. The predicted molar refractivity (Wildman–Crippen MR) is 87.0 cm³/mol. The van der Waals surface area contributed by atoms with Crippen LogP contribution in [0.4, 0.5) is 0 Å². The second-order valence-corrected chi connectivity index (χ2v) is 7.59. The van der Waals surface area contributed by atoms with Crippen LogP contribution in [0.5, 0.6) is 0 Å². The van der Waals surface area contributed by atoms with Gasteiger partial charge in [0.15, 0.2) is 5.82 Å². The van der Waals surface area contributed by atoms with Crippen LogP contribution in [0.15, 0.2) is 22.0 Å². The summed E-state index contributed by atoms with van der Waals surface area (Å²) in [5.74, 6) is 2.30. The van der Waals surface area contributed by atoms with Crippen molar-refractivity contribution < 1.29 is 4.52 Å². The Morgan fingerprint density at radius 2 is 2.23 bits per heavy atom. The van der Waals surface area contributed by atoms with Gasteiger partial charge >= 0.3 is 0 Å². The van der Waals surface area contributed by atoms with Crippen LogP contribution < -0.4 is 0 Å². The van der Waals surface area contributed by atoms with Crippen molar-refractivity contribution in [1.29, 1.82) is 0 Å². The van der Waals surface area contributed by atoms with Gasteiger partial charge in [0.2, 0.25) is 5.89 Å². The van der Waals surface area contributed by atoms with Gasteiger partial charge in [-0.2, -0.15) is 4.98 Å². The molecule has 3 heterocycles. The molecule has 5 heteroatoms. The van der Waals surface area contributed by atoms with Crippen molar-refractivity contribution in [3.63, 3.8) is 0 Å². The average Bonchev–Trinajstić information content (AvgIpc) is 3.07. The fraction of sp³-hybridized carbons (Fsp3) is 0.647. The maximum absolute atomic E-state index is 5.40. The van der Waals surface area contributed by atoms with Crippen LogP contribution in [-0.2, 0) is 13.0 Å². The van der Waals surface area contributed by atoms with Gasteiger partial charge in [-0.1, -0.05) is 17.6 Å². The van der Waals surface area contributed by atoms with Gasteiger partial charge in [-0.05, 0) is 56.5 Å². The van der Waals surface area contributed by atoms with E-state index in [1.165, 1.54) is 56.4 Å². The SMILES string of the molecule is c1csc(CC[C@H]2CCCCN2Cc2noc(C3CC3)n2)c1. The smallest absolute Gasteiger partial charge is 0.229 e. The molecule has 2 aliphatic rings. The first-order valence-corrected chi connectivity index (χ1v) is 9.35. The summed E-state index contributed by atoms with van der Waals surface area (Å²) in [6, 6.07) is 5.06. The molecule has 4 nitrogen and oxygen atoms in total. The molecule has 0 spiro atoms. The fourth-order valence-electron chi connectivity index (χ4n) is 3.37. The Hall–Kier alpha value is -1.20. The number of likely N-dealkylation sites (tertiary alicyclic amines) is 1. The van der Waals surface area contributed by atoms with Crippen LogP contribution in [0, 0.1) is 0 Å². The lowest BCUT2D eigenvalue weighted by Crippen LogP contribution is -2.39. The van der Waals surface area contributed by atoms with Gasteiger partial charge in [0, 0.05) is 16.8 Å². The quantitative estimate of drug-likeness (QED) is 0.807. The number of piperidine rings is 1. The molecule has 2 aromatic heterocycles. The van der Waals surface area contributed by atoms with Crippen molar-refractivity contribution >= 4 is 11.3 Å². The molecule has 0 amide bonds. The lowest BCUT2D eigenvalue weighted by molar-refractivity contribution is 0.128. The Morgan fingerprint density at radius 1 is 1.27 bits per heavy atom. The monoisotopic (exact) mass is 317 g/mol. The molecule has 118 valence electrons. The molecule has 0 radical (unpaired) electrons. The highest BCUT2D eigenvalue weighted by Gasteiger charge is 2.30. The molecule has 2 fully saturated rings. The molecule has 1 atom stereocenters. The predicted octanol–water partition coefficient (Wildman–Crippen LogP) is 4.00. The van der Waals surface area contributed by atoms with E-state index in [0.717, 1.165) is 18.3 Å².